The van der Waals surface area contributed by atoms with Gasteiger partial charge < -0.3 is 4.74 Å². The lowest BCUT2D eigenvalue weighted by Gasteiger charge is -2.11. The summed E-state index contributed by atoms with van der Waals surface area (Å²) in [4.78, 5) is 20.7. The maximum absolute atomic E-state index is 10.9. The minimum atomic E-state index is -0.607. The van der Waals surface area contributed by atoms with Gasteiger partial charge in [0.1, 0.15) is 6.10 Å². The smallest absolute Gasteiger partial charge is 0.293 e. The quantitative estimate of drug-likeness (QED) is 0.433. The fourth-order valence-electron chi connectivity index (χ4n) is 1.70. The Balaban J connectivity index is 3.14. The van der Waals surface area contributed by atoms with Gasteiger partial charge in [-0.2, -0.15) is 0 Å². The molecule has 1 aromatic rings. The highest BCUT2D eigenvalue weighted by Crippen LogP contribution is 2.28. The van der Waals surface area contributed by atoms with E-state index in [-0.39, 0.29) is 5.69 Å². The lowest BCUT2D eigenvalue weighted by Crippen LogP contribution is -2.04. The molecule has 0 heterocycles. The average Bonchev–Trinajstić information content (AvgIpc) is 2.29. The number of ether oxygens (including phenoxy) is 1. The molecule has 17 heavy (non-hydrogen) atoms. The molecule has 0 aliphatic rings. The van der Waals surface area contributed by atoms with Crippen LogP contribution in [0.1, 0.15) is 37.5 Å². The summed E-state index contributed by atoms with van der Waals surface area (Å²) in [5.41, 5.74) is 1.43. The predicted molar refractivity (Wildman–Crippen MR) is 62.7 cm³/mol. The van der Waals surface area contributed by atoms with E-state index >= 15 is 0 Å². The SMILES string of the molecule is CCCc1ccc([N+](=O)[O-])c(C(C)OC=O)c1. The van der Waals surface area contributed by atoms with Crippen LogP contribution in [0.3, 0.4) is 0 Å². The summed E-state index contributed by atoms with van der Waals surface area (Å²) >= 11 is 0. The third kappa shape index (κ3) is 3.27. The highest BCUT2D eigenvalue weighted by atomic mass is 16.6. The highest BCUT2D eigenvalue weighted by Gasteiger charge is 2.20. The lowest BCUT2D eigenvalue weighted by atomic mass is 10.0. The van der Waals surface area contributed by atoms with Gasteiger partial charge in [-0.3, -0.25) is 14.9 Å². The largest absolute Gasteiger partial charge is 0.460 e. The molecule has 92 valence electrons. The van der Waals surface area contributed by atoms with E-state index in [1.807, 2.05) is 6.92 Å². The molecule has 0 saturated heterocycles. The monoisotopic (exact) mass is 237 g/mol. The summed E-state index contributed by atoms with van der Waals surface area (Å²) in [5.74, 6) is 0. The first-order chi connectivity index (χ1) is 8.10. The van der Waals surface area contributed by atoms with E-state index in [9.17, 15) is 14.9 Å². The summed E-state index contributed by atoms with van der Waals surface area (Å²) in [6, 6.07) is 4.93. The third-order valence-electron chi connectivity index (χ3n) is 2.52. The Hall–Kier alpha value is -1.91. The van der Waals surface area contributed by atoms with Crippen LogP contribution in [0.5, 0.6) is 0 Å². The van der Waals surface area contributed by atoms with Crippen molar-refractivity contribution in [1.82, 2.24) is 0 Å². The molecule has 0 fully saturated rings. The zero-order chi connectivity index (χ0) is 12.8. The fourth-order valence-corrected chi connectivity index (χ4v) is 1.70. The van der Waals surface area contributed by atoms with Crippen molar-refractivity contribution < 1.29 is 14.5 Å². The maximum atomic E-state index is 10.9. The predicted octanol–water partition coefficient (Wildman–Crippen LogP) is 2.78. The van der Waals surface area contributed by atoms with Gasteiger partial charge in [0.05, 0.1) is 10.5 Å². The van der Waals surface area contributed by atoms with Crippen molar-refractivity contribution >= 4 is 12.2 Å². The molecule has 1 atom stereocenters. The Morgan fingerprint density at radius 3 is 2.76 bits per heavy atom. The second-order valence-electron chi connectivity index (χ2n) is 3.77. The van der Waals surface area contributed by atoms with Crippen molar-refractivity contribution in [1.29, 1.82) is 0 Å². The van der Waals surface area contributed by atoms with Gasteiger partial charge >= 0.3 is 0 Å². The first-order valence-corrected chi connectivity index (χ1v) is 5.46. The van der Waals surface area contributed by atoms with Crippen LogP contribution in [-0.4, -0.2) is 11.4 Å². The minimum Gasteiger partial charge on any atom is -0.460 e. The molecule has 0 radical (unpaired) electrons. The van der Waals surface area contributed by atoms with Crippen molar-refractivity contribution in [3.8, 4) is 0 Å². The molecule has 0 N–H and O–H groups in total. The Morgan fingerprint density at radius 2 is 2.24 bits per heavy atom. The Labute approximate surface area is 99.5 Å². The van der Waals surface area contributed by atoms with Crippen molar-refractivity contribution in [2.45, 2.75) is 32.8 Å². The van der Waals surface area contributed by atoms with Crippen molar-refractivity contribution in [3.05, 3.63) is 39.4 Å². The maximum Gasteiger partial charge on any atom is 0.293 e. The molecule has 0 bridgehead atoms. The Morgan fingerprint density at radius 1 is 1.53 bits per heavy atom. The molecular weight excluding hydrogens is 222 g/mol. The third-order valence-corrected chi connectivity index (χ3v) is 2.52. The summed E-state index contributed by atoms with van der Waals surface area (Å²) in [7, 11) is 0. The molecule has 1 rings (SSSR count). The number of hydrogen-bond acceptors (Lipinski definition) is 4. The summed E-state index contributed by atoms with van der Waals surface area (Å²) < 4.78 is 4.77. The number of rotatable bonds is 6. The highest BCUT2D eigenvalue weighted by molar-refractivity contribution is 5.46. The molecule has 0 saturated carbocycles. The number of carbonyl (C=O) groups is 1. The Bertz CT molecular complexity index is 417. The standard InChI is InChI=1S/C12H15NO4/c1-3-4-10-5-6-12(13(15)16)11(7-10)9(2)17-8-14/h5-9H,3-4H2,1-2H3. The van der Waals surface area contributed by atoms with E-state index in [4.69, 9.17) is 4.74 Å². The molecule has 1 aromatic carbocycles. The van der Waals surface area contributed by atoms with Crippen LogP contribution in [0.2, 0.25) is 0 Å². The van der Waals surface area contributed by atoms with E-state index < -0.39 is 11.0 Å². The van der Waals surface area contributed by atoms with Crippen LogP contribution in [0.15, 0.2) is 18.2 Å². The van der Waals surface area contributed by atoms with Crippen LogP contribution < -0.4 is 0 Å². The van der Waals surface area contributed by atoms with Crippen LogP contribution in [0, 0.1) is 10.1 Å². The zero-order valence-corrected chi connectivity index (χ0v) is 9.88. The van der Waals surface area contributed by atoms with E-state index in [0.29, 0.717) is 12.0 Å². The van der Waals surface area contributed by atoms with Gasteiger partial charge in [-0.15, -0.1) is 0 Å². The first-order valence-electron chi connectivity index (χ1n) is 5.46. The van der Waals surface area contributed by atoms with Gasteiger partial charge in [-0.1, -0.05) is 19.4 Å². The van der Waals surface area contributed by atoms with Crippen LogP contribution in [-0.2, 0) is 16.0 Å². The van der Waals surface area contributed by atoms with Gasteiger partial charge in [0.25, 0.3) is 12.2 Å². The molecule has 5 heteroatoms. The summed E-state index contributed by atoms with van der Waals surface area (Å²) in [6.07, 6.45) is 1.20. The lowest BCUT2D eigenvalue weighted by molar-refractivity contribution is -0.386. The van der Waals surface area contributed by atoms with Crippen molar-refractivity contribution in [2.75, 3.05) is 0 Å². The number of nitrogens with zero attached hydrogens (tertiary/aromatic N) is 1. The van der Waals surface area contributed by atoms with Gasteiger partial charge in [-0.05, 0) is 25.0 Å². The molecule has 5 nitrogen and oxygen atoms in total. The minimum absolute atomic E-state index is 0.0146. The number of nitro benzene ring substituents is 1. The fraction of sp³-hybridized carbons (Fsp3) is 0.417. The number of hydrogen-bond donors (Lipinski definition) is 0. The summed E-state index contributed by atoms with van der Waals surface area (Å²) in [6.45, 7) is 3.96. The van der Waals surface area contributed by atoms with Gasteiger partial charge in [-0.25, -0.2) is 0 Å². The number of benzene rings is 1. The second-order valence-corrected chi connectivity index (χ2v) is 3.77. The topological polar surface area (TPSA) is 69.4 Å². The normalized spacial score (nSPS) is 11.9. The van der Waals surface area contributed by atoms with Crippen LogP contribution in [0.4, 0.5) is 5.69 Å². The van der Waals surface area contributed by atoms with E-state index in [1.165, 1.54) is 6.07 Å². The van der Waals surface area contributed by atoms with Gasteiger partial charge in [0, 0.05) is 6.07 Å². The molecule has 1 unspecified atom stereocenters. The first kappa shape index (κ1) is 13.2. The number of carbonyl (C=O) groups excluding carboxylic acids is 1. The average molecular weight is 237 g/mol. The zero-order valence-electron chi connectivity index (χ0n) is 9.88. The van der Waals surface area contributed by atoms with Crippen LogP contribution in [0.25, 0.3) is 0 Å². The second kappa shape index (κ2) is 5.98. The molecule has 0 aliphatic heterocycles. The van der Waals surface area contributed by atoms with Gasteiger partial charge in [0.15, 0.2) is 0 Å². The Kier molecular flexibility index (Phi) is 4.63. The molecule has 0 aromatic heterocycles. The van der Waals surface area contributed by atoms with Crippen molar-refractivity contribution in [3.63, 3.8) is 0 Å². The molecule has 0 spiro atoms. The summed E-state index contributed by atoms with van der Waals surface area (Å²) in [5, 5.41) is 10.9. The van der Waals surface area contributed by atoms with Gasteiger partial charge in [0.2, 0.25) is 0 Å². The number of aryl methyl sites for hydroxylation is 1. The number of nitro groups is 1. The van der Waals surface area contributed by atoms with Crippen molar-refractivity contribution in [2.24, 2.45) is 0 Å². The molecule has 0 aliphatic carbocycles. The van der Waals surface area contributed by atoms with E-state index in [0.717, 1.165) is 18.4 Å². The van der Waals surface area contributed by atoms with Crippen LogP contribution >= 0.6 is 0 Å². The molecule has 0 amide bonds. The molecular formula is C12H15NO4. The van der Waals surface area contributed by atoms with E-state index in [1.54, 1.807) is 19.1 Å². The van der Waals surface area contributed by atoms with E-state index in [2.05, 4.69) is 0 Å².